The highest BCUT2D eigenvalue weighted by Gasteiger charge is 2.32. The number of hydrogen-bond donors (Lipinski definition) is 0. The number of ketones is 1. The van der Waals surface area contributed by atoms with Crippen LogP contribution in [0.1, 0.15) is 27.5 Å². The molecule has 0 spiro atoms. The van der Waals surface area contributed by atoms with Crippen LogP contribution in [-0.2, 0) is 6.18 Å². The highest BCUT2D eigenvalue weighted by molar-refractivity contribution is 6.00. The van der Waals surface area contributed by atoms with Crippen LogP contribution in [0.15, 0.2) is 47.8 Å². The number of alkyl halides is 3. The summed E-state index contributed by atoms with van der Waals surface area (Å²) in [6.45, 7) is 0. The molecule has 114 valence electrons. The Hall–Kier alpha value is -2.64. The monoisotopic (exact) mass is 312 g/mol. The van der Waals surface area contributed by atoms with Crippen LogP contribution >= 0.6 is 0 Å². The molecule has 0 aliphatic carbocycles. The summed E-state index contributed by atoms with van der Waals surface area (Å²) in [4.78, 5) is 26.3. The van der Waals surface area contributed by atoms with Gasteiger partial charge in [0.2, 0.25) is 5.95 Å². The largest absolute Gasteiger partial charge is 0.416 e. The van der Waals surface area contributed by atoms with Gasteiger partial charge < -0.3 is 0 Å². The van der Waals surface area contributed by atoms with E-state index in [1.54, 1.807) is 0 Å². The molecule has 0 radical (unpaired) electrons. The number of nitrogens with zero attached hydrogens (tertiary/aromatic N) is 2. The van der Waals surface area contributed by atoms with Crippen molar-refractivity contribution in [3.63, 3.8) is 0 Å². The van der Waals surface area contributed by atoms with Gasteiger partial charge in [0.25, 0.3) is 0 Å². The SMILES string of the molecule is O=NC(C(=O)c1cccc(C(F)(F)F)c1)c1ccnc(F)c1. The van der Waals surface area contributed by atoms with Gasteiger partial charge in [0.1, 0.15) is 0 Å². The van der Waals surface area contributed by atoms with Gasteiger partial charge in [0.05, 0.1) is 5.56 Å². The van der Waals surface area contributed by atoms with Crippen LogP contribution in [0.3, 0.4) is 0 Å². The van der Waals surface area contributed by atoms with Gasteiger partial charge in [-0.05, 0) is 29.8 Å². The van der Waals surface area contributed by atoms with E-state index in [-0.39, 0.29) is 11.1 Å². The average molecular weight is 312 g/mol. The van der Waals surface area contributed by atoms with Gasteiger partial charge in [0, 0.05) is 11.8 Å². The van der Waals surface area contributed by atoms with E-state index in [2.05, 4.69) is 10.2 Å². The highest BCUT2D eigenvalue weighted by Crippen LogP contribution is 2.31. The predicted octanol–water partition coefficient (Wildman–Crippen LogP) is 3.93. The quantitative estimate of drug-likeness (QED) is 0.372. The Kier molecular flexibility index (Phi) is 4.30. The van der Waals surface area contributed by atoms with E-state index in [0.717, 1.165) is 30.5 Å². The van der Waals surface area contributed by atoms with Crippen molar-refractivity contribution in [2.24, 2.45) is 5.18 Å². The summed E-state index contributed by atoms with van der Waals surface area (Å²) in [7, 11) is 0. The first-order valence-corrected chi connectivity index (χ1v) is 5.98. The van der Waals surface area contributed by atoms with Gasteiger partial charge >= 0.3 is 6.18 Å². The molecule has 0 bridgehead atoms. The van der Waals surface area contributed by atoms with E-state index >= 15 is 0 Å². The third kappa shape index (κ3) is 3.33. The average Bonchev–Trinajstić information content (AvgIpc) is 2.47. The molecule has 4 nitrogen and oxygen atoms in total. The lowest BCUT2D eigenvalue weighted by Gasteiger charge is -2.11. The van der Waals surface area contributed by atoms with Gasteiger partial charge in [-0.3, -0.25) is 4.79 Å². The van der Waals surface area contributed by atoms with E-state index in [0.29, 0.717) is 6.07 Å². The summed E-state index contributed by atoms with van der Waals surface area (Å²) in [6, 6.07) is 3.99. The molecule has 0 saturated carbocycles. The van der Waals surface area contributed by atoms with E-state index in [1.807, 2.05) is 0 Å². The van der Waals surface area contributed by atoms with E-state index in [1.165, 1.54) is 6.07 Å². The Labute approximate surface area is 121 Å². The third-order valence-electron chi connectivity index (χ3n) is 2.89. The number of pyridine rings is 1. The zero-order chi connectivity index (χ0) is 16.3. The van der Waals surface area contributed by atoms with Crippen molar-refractivity contribution in [3.8, 4) is 0 Å². The zero-order valence-electron chi connectivity index (χ0n) is 10.8. The predicted molar refractivity (Wildman–Crippen MR) is 68.5 cm³/mol. The van der Waals surface area contributed by atoms with Crippen LogP contribution < -0.4 is 0 Å². The second kappa shape index (κ2) is 6.00. The molecular formula is C14H8F4N2O2. The van der Waals surface area contributed by atoms with E-state index < -0.39 is 29.5 Å². The van der Waals surface area contributed by atoms with Gasteiger partial charge in [-0.25, -0.2) is 4.98 Å². The molecule has 0 N–H and O–H groups in total. The number of halogens is 4. The number of carbonyl (C=O) groups is 1. The van der Waals surface area contributed by atoms with Crippen molar-refractivity contribution in [1.29, 1.82) is 0 Å². The molecule has 22 heavy (non-hydrogen) atoms. The number of hydrogen-bond acceptors (Lipinski definition) is 4. The summed E-state index contributed by atoms with van der Waals surface area (Å²) >= 11 is 0. The van der Waals surface area contributed by atoms with Gasteiger partial charge in [-0.15, -0.1) is 4.91 Å². The van der Waals surface area contributed by atoms with Crippen molar-refractivity contribution in [2.45, 2.75) is 12.2 Å². The second-order valence-corrected chi connectivity index (χ2v) is 4.36. The van der Waals surface area contributed by atoms with Gasteiger partial charge in [0.15, 0.2) is 11.8 Å². The van der Waals surface area contributed by atoms with Crippen LogP contribution in [0.4, 0.5) is 17.6 Å². The molecule has 0 amide bonds. The Bertz CT molecular complexity index is 716. The van der Waals surface area contributed by atoms with E-state index in [9.17, 15) is 27.3 Å². The fourth-order valence-electron chi connectivity index (χ4n) is 1.85. The lowest BCUT2D eigenvalue weighted by Crippen LogP contribution is -2.13. The van der Waals surface area contributed by atoms with Crippen LogP contribution in [0.25, 0.3) is 0 Å². The van der Waals surface area contributed by atoms with Gasteiger partial charge in [-0.1, -0.05) is 17.3 Å². The standard InChI is InChI=1S/C14H8F4N2O2/c15-11-7-8(4-5-19-11)12(20-22)13(21)9-2-1-3-10(6-9)14(16,17)18/h1-7,12H. The van der Waals surface area contributed by atoms with Gasteiger partial charge in [-0.2, -0.15) is 17.6 Å². The second-order valence-electron chi connectivity index (χ2n) is 4.36. The van der Waals surface area contributed by atoms with Crippen molar-refractivity contribution in [1.82, 2.24) is 4.98 Å². The van der Waals surface area contributed by atoms with Crippen LogP contribution in [0.5, 0.6) is 0 Å². The molecule has 8 heteroatoms. The summed E-state index contributed by atoms with van der Waals surface area (Å²) in [5.41, 5.74) is -1.44. The maximum absolute atomic E-state index is 13.0. The molecule has 2 rings (SSSR count). The smallest absolute Gasteiger partial charge is 0.291 e. The molecule has 0 saturated heterocycles. The molecule has 0 aliphatic rings. The molecule has 1 aromatic carbocycles. The van der Waals surface area contributed by atoms with E-state index in [4.69, 9.17) is 0 Å². The van der Waals surface area contributed by atoms with Crippen molar-refractivity contribution in [2.75, 3.05) is 0 Å². The van der Waals surface area contributed by atoms with Crippen molar-refractivity contribution in [3.05, 3.63) is 70.1 Å². The molecular weight excluding hydrogens is 304 g/mol. The maximum Gasteiger partial charge on any atom is 0.416 e. The topological polar surface area (TPSA) is 59.4 Å². The van der Waals surface area contributed by atoms with Crippen LogP contribution in [-0.4, -0.2) is 10.8 Å². The normalized spacial score (nSPS) is 12.7. The Balaban J connectivity index is 2.39. The minimum atomic E-state index is -4.62. The molecule has 0 aliphatic heterocycles. The summed E-state index contributed by atoms with van der Waals surface area (Å²) in [5.74, 6) is -1.88. The minimum Gasteiger partial charge on any atom is -0.291 e. The molecule has 2 aromatic rings. The minimum absolute atomic E-state index is 0.0788. The summed E-state index contributed by atoms with van der Waals surface area (Å²) in [6.07, 6.45) is -3.59. The first-order chi connectivity index (χ1) is 10.3. The summed E-state index contributed by atoms with van der Waals surface area (Å²) < 4.78 is 50.9. The number of aromatic nitrogens is 1. The Morgan fingerprint density at radius 3 is 2.50 bits per heavy atom. The number of nitroso groups, excluding NO2 is 1. The fraction of sp³-hybridized carbons (Fsp3) is 0.143. The first kappa shape index (κ1) is 15.7. The lowest BCUT2D eigenvalue weighted by atomic mass is 9.97. The molecule has 1 atom stereocenters. The first-order valence-electron chi connectivity index (χ1n) is 5.98. The fourth-order valence-corrected chi connectivity index (χ4v) is 1.85. The lowest BCUT2D eigenvalue weighted by molar-refractivity contribution is -0.137. The Morgan fingerprint density at radius 1 is 1.18 bits per heavy atom. The summed E-state index contributed by atoms with van der Waals surface area (Å²) in [5, 5.41) is 2.59. The number of benzene rings is 1. The Morgan fingerprint density at radius 2 is 1.91 bits per heavy atom. The number of carbonyl (C=O) groups excluding carboxylic acids is 1. The highest BCUT2D eigenvalue weighted by atomic mass is 19.4. The zero-order valence-corrected chi connectivity index (χ0v) is 10.8. The molecule has 1 aromatic heterocycles. The number of Topliss-reactive ketones (excluding diaryl/α,β-unsaturated/α-hetero) is 1. The molecule has 1 unspecified atom stereocenters. The third-order valence-corrected chi connectivity index (χ3v) is 2.89. The van der Waals surface area contributed by atoms with Crippen molar-refractivity contribution >= 4 is 5.78 Å². The molecule has 0 fully saturated rings. The van der Waals surface area contributed by atoms with Crippen molar-refractivity contribution < 1.29 is 22.4 Å². The number of rotatable bonds is 4. The van der Waals surface area contributed by atoms with Crippen LogP contribution in [0, 0.1) is 10.9 Å². The maximum atomic E-state index is 13.0. The molecule has 1 heterocycles. The van der Waals surface area contributed by atoms with Crippen LogP contribution in [0.2, 0.25) is 0 Å².